The Morgan fingerprint density at radius 3 is 2.76 bits per heavy atom. The molecule has 0 spiro atoms. The van der Waals surface area contributed by atoms with Crippen molar-refractivity contribution in [1.29, 1.82) is 0 Å². The number of nitrogens with two attached hydrogens (primary N) is 1. The molecule has 0 radical (unpaired) electrons. The molecule has 2 heterocycles. The van der Waals surface area contributed by atoms with Crippen LogP contribution in [-0.4, -0.2) is 27.0 Å². The highest BCUT2D eigenvalue weighted by Gasteiger charge is 2.40. The van der Waals surface area contributed by atoms with Gasteiger partial charge in [0.2, 0.25) is 0 Å². The van der Waals surface area contributed by atoms with Gasteiger partial charge in [0.05, 0.1) is 5.69 Å². The van der Waals surface area contributed by atoms with Crippen LogP contribution in [-0.2, 0) is 16.6 Å². The van der Waals surface area contributed by atoms with Crippen LogP contribution >= 0.6 is 11.3 Å². The number of carbonyl (C=O) groups is 1. The number of imidazole rings is 1. The quantitative estimate of drug-likeness (QED) is 0.754. The van der Waals surface area contributed by atoms with Gasteiger partial charge in [-0.1, -0.05) is 30.3 Å². The van der Waals surface area contributed by atoms with Gasteiger partial charge in [0.1, 0.15) is 5.41 Å². The van der Waals surface area contributed by atoms with Crippen LogP contribution in [0.2, 0.25) is 0 Å². The minimum atomic E-state index is -1.15. The number of nitrogens with zero attached hydrogens (tertiary/aromatic N) is 2. The molecule has 0 amide bonds. The molecule has 1 unspecified atom stereocenters. The van der Waals surface area contributed by atoms with Crippen molar-refractivity contribution < 1.29 is 9.90 Å². The third-order valence-corrected chi connectivity index (χ3v) is 4.48. The Labute approximate surface area is 125 Å². The molecule has 3 rings (SSSR count). The van der Waals surface area contributed by atoms with E-state index in [0.717, 1.165) is 10.7 Å². The molecule has 21 heavy (non-hydrogen) atoms. The van der Waals surface area contributed by atoms with Gasteiger partial charge in [-0.3, -0.25) is 9.20 Å². The summed E-state index contributed by atoms with van der Waals surface area (Å²) in [5.74, 6) is -0.924. The Bertz CT molecular complexity index is 737. The van der Waals surface area contributed by atoms with E-state index in [4.69, 9.17) is 5.73 Å². The molecule has 0 aliphatic rings. The molecule has 1 atom stereocenters. The molecule has 5 nitrogen and oxygen atoms in total. The van der Waals surface area contributed by atoms with Crippen molar-refractivity contribution in [2.75, 3.05) is 6.54 Å². The number of aromatic nitrogens is 2. The molecule has 3 aromatic rings. The maximum Gasteiger partial charge on any atom is 0.315 e. The number of hydrogen-bond donors (Lipinski definition) is 2. The molecule has 0 aliphatic carbocycles. The van der Waals surface area contributed by atoms with Crippen LogP contribution in [0, 0.1) is 0 Å². The van der Waals surface area contributed by atoms with Gasteiger partial charge in [0.25, 0.3) is 0 Å². The summed E-state index contributed by atoms with van der Waals surface area (Å²) < 4.78 is 1.90. The summed E-state index contributed by atoms with van der Waals surface area (Å²) in [5.41, 5.74) is 6.14. The number of thiazole rings is 1. The number of fused-ring (bicyclic) bond motifs is 1. The van der Waals surface area contributed by atoms with Crippen molar-refractivity contribution in [3.8, 4) is 0 Å². The molecule has 2 aromatic heterocycles. The number of rotatable bonds is 5. The van der Waals surface area contributed by atoms with Gasteiger partial charge >= 0.3 is 5.97 Å². The van der Waals surface area contributed by atoms with Crippen LogP contribution in [0.25, 0.3) is 4.96 Å². The summed E-state index contributed by atoms with van der Waals surface area (Å²) in [6.45, 7) is 0.0253. The first-order valence-electron chi connectivity index (χ1n) is 6.56. The zero-order valence-electron chi connectivity index (χ0n) is 11.3. The molecule has 3 N–H and O–H groups in total. The average Bonchev–Trinajstić information content (AvgIpc) is 3.06. The lowest BCUT2D eigenvalue weighted by atomic mass is 9.77. The van der Waals surface area contributed by atoms with Gasteiger partial charge in [-0.25, -0.2) is 4.98 Å². The van der Waals surface area contributed by atoms with Gasteiger partial charge in [0.15, 0.2) is 4.96 Å². The second kappa shape index (κ2) is 5.31. The van der Waals surface area contributed by atoms with Crippen LogP contribution < -0.4 is 5.73 Å². The predicted molar refractivity (Wildman–Crippen MR) is 81.6 cm³/mol. The van der Waals surface area contributed by atoms with Crippen LogP contribution in [0.5, 0.6) is 0 Å². The topological polar surface area (TPSA) is 80.6 Å². The number of carboxylic acid groups (broad SMARTS) is 1. The van der Waals surface area contributed by atoms with Gasteiger partial charge in [0, 0.05) is 30.7 Å². The fourth-order valence-corrected chi connectivity index (χ4v) is 3.23. The van der Waals surface area contributed by atoms with Gasteiger partial charge < -0.3 is 10.8 Å². The molecule has 0 saturated carbocycles. The van der Waals surface area contributed by atoms with E-state index in [-0.39, 0.29) is 13.0 Å². The molecule has 108 valence electrons. The molecule has 0 saturated heterocycles. The number of aliphatic carboxylic acids is 1. The van der Waals surface area contributed by atoms with Crippen molar-refractivity contribution in [3.63, 3.8) is 0 Å². The first kappa shape index (κ1) is 13.8. The summed E-state index contributed by atoms with van der Waals surface area (Å²) in [7, 11) is 0. The third-order valence-electron chi connectivity index (χ3n) is 3.71. The van der Waals surface area contributed by atoms with E-state index >= 15 is 0 Å². The van der Waals surface area contributed by atoms with E-state index in [1.807, 2.05) is 40.4 Å². The van der Waals surface area contributed by atoms with E-state index in [1.165, 1.54) is 11.3 Å². The molecule has 6 heteroatoms. The van der Waals surface area contributed by atoms with Crippen LogP contribution in [0.1, 0.15) is 11.3 Å². The van der Waals surface area contributed by atoms with E-state index in [2.05, 4.69) is 4.98 Å². The molecule has 0 aliphatic heterocycles. The summed E-state index contributed by atoms with van der Waals surface area (Å²) >= 11 is 1.52. The number of carboxylic acids is 1. The number of hydrogen-bond acceptors (Lipinski definition) is 4. The summed E-state index contributed by atoms with van der Waals surface area (Å²) in [6.07, 6.45) is 4.04. The Kier molecular flexibility index (Phi) is 3.48. The summed E-state index contributed by atoms with van der Waals surface area (Å²) in [4.78, 5) is 17.2. The first-order chi connectivity index (χ1) is 10.2. The Morgan fingerprint density at radius 1 is 1.38 bits per heavy atom. The highest BCUT2D eigenvalue weighted by molar-refractivity contribution is 7.15. The van der Waals surface area contributed by atoms with E-state index in [0.29, 0.717) is 5.56 Å². The zero-order chi connectivity index (χ0) is 14.9. The summed E-state index contributed by atoms with van der Waals surface area (Å²) in [5, 5.41) is 11.7. The molecule has 0 bridgehead atoms. The maximum absolute atomic E-state index is 11.9. The van der Waals surface area contributed by atoms with Crippen LogP contribution in [0.4, 0.5) is 0 Å². The Hall–Kier alpha value is -2.18. The fourth-order valence-electron chi connectivity index (χ4n) is 2.51. The Balaban J connectivity index is 2.03. The van der Waals surface area contributed by atoms with Crippen LogP contribution in [0.15, 0.2) is 48.1 Å². The predicted octanol–water partition coefficient (Wildman–Crippen LogP) is 1.92. The second-order valence-corrected chi connectivity index (χ2v) is 5.83. The molecule has 1 aromatic carbocycles. The summed E-state index contributed by atoms with van der Waals surface area (Å²) in [6, 6.07) is 9.13. The van der Waals surface area contributed by atoms with Crippen LogP contribution in [0.3, 0.4) is 0 Å². The van der Waals surface area contributed by atoms with Crippen molar-refractivity contribution >= 4 is 22.3 Å². The second-order valence-electron chi connectivity index (χ2n) is 4.96. The van der Waals surface area contributed by atoms with Crippen molar-refractivity contribution in [2.45, 2.75) is 11.8 Å². The monoisotopic (exact) mass is 301 g/mol. The molecule has 0 fully saturated rings. The van der Waals surface area contributed by atoms with Crippen molar-refractivity contribution in [2.24, 2.45) is 5.73 Å². The normalized spacial score (nSPS) is 14.1. The maximum atomic E-state index is 11.9. The average molecular weight is 301 g/mol. The Morgan fingerprint density at radius 2 is 2.14 bits per heavy atom. The fraction of sp³-hybridized carbons (Fsp3) is 0.200. The lowest BCUT2D eigenvalue weighted by molar-refractivity contribution is -0.143. The lowest BCUT2D eigenvalue weighted by Crippen LogP contribution is -2.45. The van der Waals surface area contributed by atoms with Crippen molar-refractivity contribution in [1.82, 2.24) is 9.38 Å². The smallest absolute Gasteiger partial charge is 0.315 e. The number of benzene rings is 1. The van der Waals surface area contributed by atoms with E-state index in [1.54, 1.807) is 12.1 Å². The van der Waals surface area contributed by atoms with Crippen molar-refractivity contribution in [3.05, 3.63) is 59.4 Å². The largest absolute Gasteiger partial charge is 0.481 e. The highest BCUT2D eigenvalue weighted by atomic mass is 32.1. The molecular weight excluding hydrogens is 286 g/mol. The highest BCUT2D eigenvalue weighted by Crippen LogP contribution is 2.28. The third kappa shape index (κ3) is 2.32. The van der Waals surface area contributed by atoms with E-state index in [9.17, 15) is 9.90 Å². The lowest BCUT2D eigenvalue weighted by Gasteiger charge is -2.27. The SMILES string of the molecule is NCC(Cc1cn2ccsc2n1)(C(=O)O)c1ccccc1. The standard InChI is InChI=1S/C15H15N3O2S/c16-10-15(13(19)20,11-4-2-1-3-5-11)8-12-9-18-6-7-21-14(18)17-12/h1-7,9H,8,10,16H2,(H,19,20). The molecular formula is C15H15N3O2S. The minimum Gasteiger partial charge on any atom is -0.481 e. The van der Waals surface area contributed by atoms with Gasteiger partial charge in [-0.05, 0) is 5.56 Å². The van der Waals surface area contributed by atoms with E-state index < -0.39 is 11.4 Å². The van der Waals surface area contributed by atoms with Gasteiger partial charge in [-0.15, -0.1) is 11.3 Å². The first-order valence-corrected chi connectivity index (χ1v) is 7.44. The zero-order valence-corrected chi connectivity index (χ0v) is 12.1. The minimum absolute atomic E-state index is 0.0253. The van der Waals surface area contributed by atoms with Gasteiger partial charge in [-0.2, -0.15) is 0 Å².